The third kappa shape index (κ3) is 3.48. The first-order valence-corrected chi connectivity index (χ1v) is 12.0. The number of rotatable bonds is 3. The number of allylic oxidation sites excluding steroid dienone is 1. The van der Waals surface area contributed by atoms with Gasteiger partial charge in [0.05, 0.1) is 41.3 Å². The zero-order valence-corrected chi connectivity index (χ0v) is 20.2. The minimum absolute atomic E-state index is 0.0773. The molecule has 6 rings (SSSR count). The summed E-state index contributed by atoms with van der Waals surface area (Å²) in [5.74, 6) is 1.61. The summed E-state index contributed by atoms with van der Waals surface area (Å²) in [5.41, 5.74) is 6.83. The van der Waals surface area contributed by atoms with Crippen LogP contribution in [0.15, 0.2) is 35.1 Å². The Bertz CT molecular complexity index is 1500. The van der Waals surface area contributed by atoms with Gasteiger partial charge in [-0.15, -0.1) is 4.70 Å². The molecule has 2 aromatic heterocycles. The number of azo groups is 2. The van der Waals surface area contributed by atoms with Crippen molar-refractivity contribution in [1.29, 1.82) is 0 Å². The summed E-state index contributed by atoms with van der Waals surface area (Å²) in [5, 5.41) is 8.15. The fourth-order valence-electron chi connectivity index (χ4n) is 5.24. The standard InChI is InChI=1S/C26H26N8O/c1-15-19(13-32(4)31-15)23-21(27-2)12-18-17(6-5-7-20(18)29-23)24-22-14-33(26(35)28-3)10-11-34(22)25(30-24)16-8-9-16/h5-7,12,16H,8-11,13-14H2,1,3-4H3/p+1. The van der Waals surface area contributed by atoms with Crippen LogP contribution in [0.1, 0.15) is 42.9 Å². The molecule has 0 unspecified atom stereocenters. The first kappa shape index (κ1) is 21.5. The maximum Gasteiger partial charge on any atom is 0.317 e. The molecule has 9 heteroatoms. The lowest BCUT2D eigenvalue weighted by molar-refractivity contribution is -0.546. The van der Waals surface area contributed by atoms with Crippen molar-refractivity contribution < 1.29 is 9.49 Å². The molecular weight excluding hydrogens is 440 g/mol. The number of benzene rings is 1. The van der Waals surface area contributed by atoms with E-state index >= 15 is 0 Å². The molecule has 1 aromatic carbocycles. The molecule has 176 valence electrons. The van der Waals surface area contributed by atoms with Crippen molar-refractivity contribution in [3.05, 3.63) is 58.6 Å². The molecule has 3 aromatic rings. The summed E-state index contributed by atoms with van der Waals surface area (Å²) >= 11 is 0. The average molecular weight is 468 g/mol. The normalized spacial score (nSPS) is 17.4. The number of likely N-dealkylation sites (N-methyl/N-ethyl adjacent to an activating group) is 1. The number of aromatic nitrogens is 3. The number of amides is 2. The zero-order chi connectivity index (χ0) is 24.3. The van der Waals surface area contributed by atoms with Gasteiger partial charge < -0.3 is 14.8 Å². The van der Waals surface area contributed by atoms with Gasteiger partial charge in [0.25, 0.3) is 0 Å². The lowest BCUT2D eigenvalue weighted by Crippen LogP contribution is -2.43. The van der Waals surface area contributed by atoms with Gasteiger partial charge in [0.2, 0.25) is 5.69 Å². The quantitative estimate of drug-likeness (QED) is 0.454. The van der Waals surface area contributed by atoms with Gasteiger partial charge in [-0.25, -0.2) is 14.6 Å². The Kier molecular flexibility index (Phi) is 4.92. The van der Waals surface area contributed by atoms with Gasteiger partial charge in [-0.05, 0) is 42.4 Å². The number of carbonyl (C=O) groups excluding carboxylic acids is 1. The van der Waals surface area contributed by atoms with Gasteiger partial charge in [-0.2, -0.15) is 0 Å². The van der Waals surface area contributed by atoms with E-state index in [-0.39, 0.29) is 6.03 Å². The van der Waals surface area contributed by atoms with E-state index in [1.807, 2.05) is 41.8 Å². The van der Waals surface area contributed by atoms with Gasteiger partial charge in [0.15, 0.2) is 13.6 Å². The second-order valence-electron chi connectivity index (χ2n) is 9.49. The number of hydrogen-bond acceptors (Lipinski definition) is 4. The highest BCUT2D eigenvalue weighted by Gasteiger charge is 2.35. The van der Waals surface area contributed by atoms with Gasteiger partial charge in [-0.1, -0.05) is 12.1 Å². The fourth-order valence-corrected chi connectivity index (χ4v) is 5.24. The van der Waals surface area contributed by atoms with Crippen LogP contribution in [-0.4, -0.2) is 57.3 Å². The van der Waals surface area contributed by atoms with Crippen molar-refractivity contribution in [2.45, 2.75) is 38.8 Å². The number of imidazole rings is 1. The van der Waals surface area contributed by atoms with E-state index < -0.39 is 0 Å². The SMILES string of the molecule is [C-]#[N+]c1cc2c(-c3nc(C4CC4)n4c3CN(C(=O)NC)CC4)cccc2nc1C1=C(C)N=[N+](C)C1. The molecular formula is C26H27N8O+. The molecule has 35 heavy (non-hydrogen) atoms. The van der Waals surface area contributed by atoms with Crippen LogP contribution >= 0.6 is 0 Å². The molecule has 0 saturated heterocycles. The van der Waals surface area contributed by atoms with E-state index in [1.165, 1.54) is 0 Å². The molecule has 2 amide bonds. The summed E-state index contributed by atoms with van der Waals surface area (Å²) in [6, 6.07) is 7.91. The molecule has 1 fully saturated rings. The van der Waals surface area contributed by atoms with Crippen LogP contribution in [0.2, 0.25) is 0 Å². The Hall–Kier alpha value is -4.06. The van der Waals surface area contributed by atoms with Crippen LogP contribution in [0.25, 0.3) is 32.6 Å². The van der Waals surface area contributed by atoms with E-state index in [4.69, 9.17) is 16.5 Å². The Morgan fingerprint density at radius 3 is 2.74 bits per heavy atom. The van der Waals surface area contributed by atoms with Crippen molar-refractivity contribution in [3.63, 3.8) is 0 Å². The van der Waals surface area contributed by atoms with Crippen LogP contribution < -0.4 is 5.32 Å². The Morgan fingerprint density at radius 2 is 2.06 bits per heavy atom. The number of carbonyl (C=O) groups is 1. The van der Waals surface area contributed by atoms with Crippen molar-refractivity contribution in [1.82, 2.24) is 24.8 Å². The largest absolute Gasteiger partial charge is 0.341 e. The lowest BCUT2D eigenvalue weighted by Gasteiger charge is -2.29. The molecule has 0 spiro atoms. The van der Waals surface area contributed by atoms with Crippen molar-refractivity contribution in [2.75, 3.05) is 27.2 Å². The number of nitrogens with zero attached hydrogens (tertiary/aromatic N) is 7. The molecule has 1 N–H and O–H groups in total. The number of hydrogen-bond donors (Lipinski definition) is 1. The number of fused-ring (bicyclic) bond motifs is 2. The van der Waals surface area contributed by atoms with Crippen molar-refractivity contribution in [2.24, 2.45) is 5.11 Å². The van der Waals surface area contributed by atoms with Crippen molar-refractivity contribution in [3.8, 4) is 11.3 Å². The zero-order valence-electron chi connectivity index (χ0n) is 20.2. The van der Waals surface area contributed by atoms with Crippen LogP contribution in [0.3, 0.4) is 0 Å². The van der Waals surface area contributed by atoms with E-state index in [0.717, 1.165) is 64.3 Å². The lowest BCUT2D eigenvalue weighted by atomic mass is 10.0. The Balaban J connectivity index is 1.52. The smallest absolute Gasteiger partial charge is 0.317 e. The van der Waals surface area contributed by atoms with Gasteiger partial charge in [0.1, 0.15) is 11.5 Å². The summed E-state index contributed by atoms with van der Waals surface area (Å²) in [7, 11) is 3.59. The van der Waals surface area contributed by atoms with E-state index in [0.29, 0.717) is 36.9 Å². The first-order valence-electron chi connectivity index (χ1n) is 12.0. The molecule has 0 atom stereocenters. The monoisotopic (exact) mass is 467 g/mol. The van der Waals surface area contributed by atoms with E-state index in [1.54, 1.807) is 7.05 Å². The molecule has 1 aliphatic carbocycles. The fraction of sp³-hybridized carbons (Fsp3) is 0.385. The first-order chi connectivity index (χ1) is 17.0. The summed E-state index contributed by atoms with van der Waals surface area (Å²) in [6.45, 7) is 12.4. The van der Waals surface area contributed by atoms with Crippen LogP contribution in [0.5, 0.6) is 0 Å². The Morgan fingerprint density at radius 1 is 1.23 bits per heavy atom. The minimum Gasteiger partial charge on any atom is -0.341 e. The van der Waals surface area contributed by atoms with Gasteiger partial charge >= 0.3 is 6.03 Å². The maximum absolute atomic E-state index is 12.4. The Labute approximate surface area is 203 Å². The highest BCUT2D eigenvalue weighted by atomic mass is 16.2. The molecule has 3 aliphatic rings. The average Bonchev–Trinajstić information content (AvgIpc) is 3.57. The second-order valence-corrected chi connectivity index (χ2v) is 9.49. The van der Waals surface area contributed by atoms with E-state index in [9.17, 15) is 4.79 Å². The topological polar surface area (TPSA) is 82.8 Å². The summed E-state index contributed by atoms with van der Waals surface area (Å²) < 4.78 is 4.18. The molecule has 0 radical (unpaired) electrons. The van der Waals surface area contributed by atoms with E-state index in [2.05, 4.69) is 25.9 Å². The number of pyridine rings is 1. The molecule has 4 heterocycles. The minimum atomic E-state index is -0.0773. The van der Waals surface area contributed by atoms with Crippen LogP contribution in [0.4, 0.5) is 10.5 Å². The second kappa shape index (κ2) is 8.01. The molecule has 9 nitrogen and oxygen atoms in total. The summed E-state index contributed by atoms with van der Waals surface area (Å²) in [4.78, 5) is 28.2. The van der Waals surface area contributed by atoms with Gasteiger partial charge in [0, 0.05) is 31.6 Å². The molecule has 0 bridgehead atoms. The predicted molar refractivity (Wildman–Crippen MR) is 132 cm³/mol. The molecule has 1 saturated carbocycles. The van der Waals surface area contributed by atoms with Crippen LogP contribution in [0, 0.1) is 6.57 Å². The number of nitrogens with one attached hydrogen (secondary N) is 1. The van der Waals surface area contributed by atoms with Crippen molar-refractivity contribution >= 4 is 28.2 Å². The molecule has 2 aliphatic heterocycles. The maximum atomic E-state index is 12.4. The predicted octanol–water partition coefficient (Wildman–Crippen LogP) is 4.52. The van der Waals surface area contributed by atoms with Crippen LogP contribution in [-0.2, 0) is 13.1 Å². The highest BCUT2D eigenvalue weighted by molar-refractivity contribution is 5.98. The number of urea groups is 1. The van der Waals surface area contributed by atoms with Gasteiger partial charge in [-0.3, -0.25) is 4.98 Å². The third-order valence-electron chi connectivity index (χ3n) is 7.12. The third-order valence-corrected chi connectivity index (χ3v) is 7.12. The highest BCUT2D eigenvalue weighted by Crippen LogP contribution is 2.44. The summed E-state index contributed by atoms with van der Waals surface area (Å²) in [6.07, 6.45) is 2.32.